The molecule has 2 rings (SSSR count). The number of Topliss-reactive ketones (excluding diaryl/α,β-unsaturated/α-hetero) is 1. The van der Waals surface area contributed by atoms with Crippen molar-refractivity contribution in [3.05, 3.63) is 10.6 Å². The van der Waals surface area contributed by atoms with Crippen LogP contribution in [0, 0.1) is 0 Å². The summed E-state index contributed by atoms with van der Waals surface area (Å²) >= 11 is 1.68. The molecular formula is C14H22N2O2S. The van der Waals surface area contributed by atoms with Crippen LogP contribution in [0.3, 0.4) is 0 Å². The van der Waals surface area contributed by atoms with Crippen molar-refractivity contribution in [2.24, 2.45) is 0 Å². The molecule has 0 spiro atoms. The number of ether oxygens (including phenoxy) is 1. The van der Waals surface area contributed by atoms with Crippen LogP contribution in [0.25, 0.3) is 0 Å². The standard InChI is InChI=1S/C14H22N2O2S/c1-4-10(2)16(8-9-18-3)14-15-13-11(17)6-5-7-12(13)19-14/h10H,4-9H2,1-3H3. The normalized spacial score (nSPS) is 16.3. The molecular weight excluding hydrogens is 260 g/mol. The average molecular weight is 282 g/mol. The lowest BCUT2D eigenvalue weighted by molar-refractivity contribution is 0.0968. The number of methoxy groups -OCH3 is 1. The maximum Gasteiger partial charge on any atom is 0.186 e. The third-order valence-corrected chi connectivity index (χ3v) is 4.81. The quantitative estimate of drug-likeness (QED) is 0.804. The van der Waals surface area contributed by atoms with Gasteiger partial charge in [0.1, 0.15) is 5.69 Å². The van der Waals surface area contributed by atoms with Gasteiger partial charge in [-0.3, -0.25) is 4.79 Å². The fraction of sp³-hybridized carbons (Fsp3) is 0.714. The minimum atomic E-state index is 0.208. The Balaban J connectivity index is 2.23. The monoisotopic (exact) mass is 282 g/mol. The molecule has 0 amide bonds. The number of aromatic nitrogens is 1. The molecule has 106 valence electrons. The van der Waals surface area contributed by atoms with Crippen molar-refractivity contribution < 1.29 is 9.53 Å². The highest BCUT2D eigenvalue weighted by Gasteiger charge is 2.25. The maximum absolute atomic E-state index is 11.9. The van der Waals surface area contributed by atoms with E-state index in [1.807, 2.05) is 0 Å². The van der Waals surface area contributed by atoms with Gasteiger partial charge in [0, 0.05) is 31.0 Å². The number of aryl methyl sites for hydroxylation is 1. The first-order valence-electron chi connectivity index (χ1n) is 6.95. The van der Waals surface area contributed by atoms with E-state index >= 15 is 0 Å². The minimum absolute atomic E-state index is 0.208. The molecule has 1 aliphatic rings. The first-order chi connectivity index (χ1) is 9.17. The number of ketones is 1. The zero-order valence-electron chi connectivity index (χ0n) is 11.9. The van der Waals surface area contributed by atoms with Crippen LogP contribution in [0.15, 0.2) is 0 Å². The van der Waals surface area contributed by atoms with Gasteiger partial charge in [-0.1, -0.05) is 6.92 Å². The van der Waals surface area contributed by atoms with Gasteiger partial charge in [-0.25, -0.2) is 4.98 Å². The number of anilines is 1. The topological polar surface area (TPSA) is 42.4 Å². The lowest BCUT2D eigenvalue weighted by Crippen LogP contribution is -2.35. The number of thiazole rings is 1. The van der Waals surface area contributed by atoms with Crippen molar-refractivity contribution in [3.8, 4) is 0 Å². The van der Waals surface area contributed by atoms with Gasteiger partial charge >= 0.3 is 0 Å². The van der Waals surface area contributed by atoms with E-state index in [9.17, 15) is 4.79 Å². The third kappa shape index (κ3) is 3.15. The second-order valence-corrected chi connectivity index (χ2v) is 6.05. The highest BCUT2D eigenvalue weighted by atomic mass is 32.1. The summed E-state index contributed by atoms with van der Waals surface area (Å²) in [5, 5.41) is 0.978. The van der Waals surface area contributed by atoms with Gasteiger partial charge in [0.25, 0.3) is 0 Å². The fourth-order valence-electron chi connectivity index (χ4n) is 2.29. The number of carbonyl (C=O) groups excluding carboxylic acids is 1. The lowest BCUT2D eigenvalue weighted by atomic mass is 10.0. The van der Waals surface area contributed by atoms with Crippen LogP contribution in [0.5, 0.6) is 0 Å². The first kappa shape index (κ1) is 14.5. The molecule has 0 fully saturated rings. The predicted octanol–water partition coefficient (Wildman–Crippen LogP) is 2.91. The number of hydrogen-bond acceptors (Lipinski definition) is 5. The highest BCUT2D eigenvalue weighted by Crippen LogP contribution is 2.32. The van der Waals surface area contributed by atoms with E-state index in [0.717, 1.165) is 41.5 Å². The Morgan fingerprint density at radius 1 is 1.47 bits per heavy atom. The summed E-state index contributed by atoms with van der Waals surface area (Å²) in [6.07, 6.45) is 3.67. The van der Waals surface area contributed by atoms with Crippen molar-refractivity contribution in [2.75, 3.05) is 25.2 Å². The largest absolute Gasteiger partial charge is 0.383 e. The zero-order chi connectivity index (χ0) is 13.8. The van der Waals surface area contributed by atoms with E-state index in [1.54, 1.807) is 18.4 Å². The van der Waals surface area contributed by atoms with Gasteiger partial charge in [-0.15, -0.1) is 11.3 Å². The van der Waals surface area contributed by atoms with Crippen LogP contribution in [-0.4, -0.2) is 37.1 Å². The van der Waals surface area contributed by atoms with Gasteiger partial charge in [-0.05, 0) is 26.2 Å². The van der Waals surface area contributed by atoms with Crippen molar-refractivity contribution in [2.45, 2.75) is 45.6 Å². The van der Waals surface area contributed by atoms with Crippen molar-refractivity contribution >= 4 is 22.3 Å². The smallest absolute Gasteiger partial charge is 0.186 e. The van der Waals surface area contributed by atoms with Gasteiger partial charge < -0.3 is 9.64 Å². The Labute approximate surface area is 118 Å². The third-order valence-electron chi connectivity index (χ3n) is 3.66. The second-order valence-electron chi connectivity index (χ2n) is 4.99. The lowest BCUT2D eigenvalue weighted by Gasteiger charge is -2.27. The average Bonchev–Trinajstić information content (AvgIpc) is 2.84. The van der Waals surface area contributed by atoms with Crippen LogP contribution in [0.4, 0.5) is 5.13 Å². The summed E-state index contributed by atoms with van der Waals surface area (Å²) in [4.78, 5) is 19.9. The first-order valence-corrected chi connectivity index (χ1v) is 7.77. The molecule has 5 heteroatoms. The van der Waals surface area contributed by atoms with Gasteiger partial charge in [0.15, 0.2) is 10.9 Å². The van der Waals surface area contributed by atoms with Crippen molar-refractivity contribution in [3.63, 3.8) is 0 Å². The molecule has 0 radical (unpaired) electrons. The van der Waals surface area contributed by atoms with E-state index in [1.165, 1.54) is 0 Å². The van der Waals surface area contributed by atoms with E-state index in [0.29, 0.717) is 19.1 Å². The van der Waals surface area contributed by atoms with Crippen LogP contribution in [-0.2, 0) is 11.2 Å². The Kier molecular flexibility index (Phi) is 4.93. The maximum atomic E-state index is 11.9. The Hall–Kier alpha value is -0.940. The van der Waals surface area contributed by atoms with Crippen LogP contribution in [0.2, 0.25) is 0 Å². The Bertz CT molecular complexity index is 445. The molecule has 1 unspecified atom stereocenters. The van der Waals surface area contributed by atoms with E-state index in [-0.39, 0.29) is 5.78 Å². The molecule has 1 aromatic heterocycles. The SMILES string of the molecule is CCC(C)N(CCOC)c1nc2c(s1)CCCC2=O. The second kappa shape index (κ2) is 6.48. The van der Waals surface area contributed by atoms with Gasteiger partial charge in [-0.2, -0.15) is 0 Å². The number of hydrogen-bond donors (Lipinski definition) is 0. The molecule has 0 N–H and O–H groups in total. The van der Waals surface area contributed by atoms with Crippen LogP contribution < -0.4 is 4.90 Å². The molecule has 0 aliphatic heterocycles. The van der Waals surface area contributed by atoms with E-state index in [2.05, 4.69) is 23.7 Å². The summed E-state index contributed by atoms with van der Waals surface area (Å²) in [5.41, 5.74) is 0.719. The molecule has 1 aromatic rings. The van der Waals surface area contributed by atoms with E-state index < -0.39 is 0 Å². The molecule has 1 atom stereocenters. The number of rotatable bonds is 6. The molecule has 4 nitrogen and oxygen atoms in total. The molecule has 0 saturated carbocycles. The Morgan fingerprint density at radius 3 is 2.89 bits per heavy atom. The molecule has 0 saturated heterocycles. The van der Waals surface area contributed by atoms with Crippen molar-refractivity contribution in [1.82, 2.24) is 4.98 Å². The van der Waals surface area contributed by atoms with Crippen molar-refractivity contribution in [1.29, 1.82) is 0 Å². The molecule has 0 aromatic carbocycles. The number of carbonyl (C=O) groups is 1. The highest BCUT2D eigenvalue weighted by molar-refractivity contribution is 7.16. The summed E-state index contributed by atoms with van der Waals surface area (Å²) < 4.78 is 5.18. The van der Waals surface area contributed by atoms with Gasteiger partial charge in [0.05, 0.1) is 6.61 Å². The minimum Gasteiger partial charge on any atom is -0.383 e. The molecule has 1 aliphatic carbocycles. The number of fused-ring (bicyclic) bond motifs is 1. The summed E-state index contributed by atoms with van der Waals surface area (Å²) in [6.45, 7) is 5.87. The van der Waals surface area contributed by atoms with Crippen LogP contribution >= 0.6 is 11.3 Å². The predicted molar refractivity (Wildman–Crippen MR) is 78.4 cm³/mol. The molecule has 0 bridgehead atoms. The van der Waals surface area contributed by atoms with Gasteiger partial charge in [0.2, 0.25) is 0 Å². The fourth-order valence-corrected chi connectivity index (χ4v) is 3.54. The summed E-state index contributed by atoms with van der Waals surface area (Å²) in [7, 11) is 1.71. The summed E-state index contributed by atoms with van der Waals surface area (Å²) in [6, 6.07) is 0.415. The van der Waals surface area contributed by atoms with E-state index in [4.69, 9.17) is 4.74 Å². The summed E-state index contributed by atoms with van der Waals surface area (Å²) in [5.74, 6) is 0.208. The molecule has 19 heavy (non-hydrogen) atoms. The zero-order valence-corrected chi connectivity index (χ0v) is 12.8. The Morgan fingerprint density at radius 2 is 2.26 bits per heavy atom. The molecule has 1 heterocycles. The number of nitrogens with zero attached hydrogens (tertiary/aromatic N) is 2. The van der Waals surface area contributed by atoms with Crippen LogP contribution in [0.1, 0.15) is 48.5 Å².